The lowest BCUT2D eigenvalue weighted by Crippen LogP contribution is -2.51. The molecule has 2 aliphatic rings. The molecule has 1 aromatic heterocycles. The first-order chi connectivity index (χ1) is 17.5. The third-order valence-corrected chi connectivity index (χ3v) is 7.95. The summed E-state index contributed by atoms with van der Waals surface area (Å²) in [5, 5.41) is 5.02. The zero-order valence-corrected chi connectivity index (χ0v) is 22.5. The van der Waals surface area contributed by atoms with Gasteiger partial charge in [-0.25, -0.2) is 4.79 Å². The standard InChI is InChI=1S/C28H39N3O4S/c1-4-13-29-28(33)30(17-23-6-5-15-34-23)18-27(32)31-14-11-26-24(12-16-36-26)25(31)19-35-22-9-7-21(8-10-22)20(2)3/h7-10,12,16,20,23,25H,4-6,11,13-15,17-19H2,1-3H3,(H,29,33)/t23-,25-/m1/s1. The lowest BCUT2D eigenvalue weighted by molar-refractivity contribution is -0.135. The molecule has 1 aromatic carbocycles. The Morgan fingerprint density at radius 2 is 2.06 bits per heavy atom. The summed E-state index contributed by atoms with van der Waals surface area (Å²) < 4.78 is 12.0. The molecule has 0 spiro atoms. The summed E-state index contributed by atoms with van der Waals surface area (Å²) in [7, 11) is 0. The average molecular weight is 514 g/mol. The number of amides is 3. The molecule has 0 aliphatic carbocycles. The van der Waals surface area contributed by atoms with Crippen molar-refractivity contribution >= 4 is 23.3 Å². The van der Waals surface area contributed by atoms with Crippen molar-refractivity contribution in [3.63, 3.8) is 0 Å². The zero-order chi connectivity index (χ0) is 25.5. The maximum atomic E-state index is 13.6. The van der Waals surface area contributed by atoms with Crippen molar-refractivity contribution < 1.29 is 19.1 Å². The van der Waals surface area contributed by atoms with Gasteiger partial charge in [-0.3, -0.25) is 4.79 Å². The number of hydrogen-bond donors (Lipinski definition) is 1. The maximum absolute atomic E-state index is 13.6. The molecule has 2 atom stereocenters. The Morgan fingerprint density at radius 1 is 1.25 bits per heavy atom. The van der Waals surface area contributed by atoms with Crippen LogP contribution < -0.4 is 10.1 Å². The first kappa shape index (κ1) is 26.5. The molecule has 2 aromatic rings. The Labute approximate surface area is 218 Å². The summed E-state index contributed by atoms with van der Waals surface area (Å²) >= 11 is 1.73. The van der Waals surface area contributed by atoms with E-state index in [1.807, 2.05) is 24.0 Å². The van der Waals surface area contributed by atoms with Crippen molar-refractivity contribution in [1.29, 1.82) is 0 Å². The molecule has 3 amide bonds. The minimum absolute atomic E-state index is 0.0112. The molecule has 1 saturated heterocycles. The van der Waals surface area contributed by atoms with Gasteiger partial charge in [-0.05, 0) is 66.3 Å². The van der Waals surface area contributed by atoms with Gasteiger partial charge in [0, 0.05) is 31.1 Å². The molecule has 0 saturated carbocycles. The number of carbonyl (C=O) groups excluding carboxylic acids is 2. The molecule has 1 N–H and O–H groups in total. The summed E-state index contributed by atoms with van der Waals surface area (Å²) in [5.74, 6) is 1.21. The van der Waals surface area contributed by atoms with Gasteiger partial charge in [0.05, 0.1) is 12.1 Å². The maximum Gasteiger partial charge on any atom is 0.317 e. The van der Waals surface area contributed by atoms with Gasteiger partial charge in [0.2, 0.25) is 5.91 Å². The van der Waals surface area contributed by atoms with E-state index in [0.717, 1.165) is 37.0 Å². The second kappa shape index (κ2) is 12.6. The lowest BCUT2D eigenvalue weighted by Gasteiger charge is -2.37. The number of nitrogens with zero attached hydrogens (tertiary/aromatic N) is 2. The molecule has 4 rings (SSSR count). The van der Waals surface area contributed by atoms with Crippen LogP contribution in [0.3, 0.4) is 0 Å². The van der Waals surface area contributed by atoms with E-state index in [1.54, 1.807) is 16.2 Å². The number of benzene rings is 1. The lowest BCUT2D eigenvalue weighted by atomic mass is 10.00. The van der Waals surface area contributed by atoms with Gasteiger partial charge in [0.1, 0.15) is 18.9 Å². The predicted octanol–water partition coefficient (Wildman–Crippen LogP) is 4.98. The fraction of sp³-hybridized carbons (Fsp3) is 0.571. The fourth-order valence-corrected chi connectivity index (χ4v) is 5.78. The van der Waals surface area contributed by atoms with E-state index >= 15 is 0 Å². The van der Waals surface area contributed by atoms with Crippen LogP contribution >= 0.6 is 11.3 Å². The first-order valence-electron chi connectivity index (χ1n) is 13.2. The van der Waals surface area contributed by atoms with Gasteiger partial charge in [0.15, 0.2) is 0 Å². The van der Waals surface area contributed by atoms with Gasteiger partial charge >= 0.3 is 6.03 Å². The third kappa shape index (κ3) is 6.59. The van der Waals surface area contributed by atoms with Crippen molar-refractivity contribution in [2.75, 3.05) is 39.4 Å². The number of nitrogens with one attached hydrogen (secondary N) is 1. The fourth-order valence-electron chi connectivity index (χ4n) is 4.85. The van der Waals surface area contributed by atoms with Crippen LogP contribution in [0.15, 0.2) is 35.7 Å². The zero-order valence-electron chi connectivity index (χ0n) is 21.7. The van der Waals surface area contributed by atoms with E-state index in [-0.39, 0.29) is 30.6 Å². The van der Waals surface area contributed by atoms with Crippen LogP contribution in [0.25, 0.3) is 0 Å². The second-order valence-corrected chi connectivity index (χ2v) is 10.9. The number of fused-ring (bicyclic) bond motifs is 1. The molecule has 0 radical (unpaired) electrons. The van der Waals surface area contributed by atoms with Gasteiger partial charge in [-0.15, -0.1) is 11.3 Å². The summed E-state index contributed by atoms with van der Waals surface area (Å²) in [5.41, 5.74) is 2.42. The molecular weight excluding hydrogens is 474 g/mol. The van der Waals surface area contributed by atoms with Gasteiger partial charge in [-0.1, -0.05) is 32.9 Å². The van der Waals surface area contributed by atoms with E-state index in [9.17, 15) is 9.59 Å². The number of rotatable bonds is 10. The SMILES string of the molecule is CCCNC(=O)N(CC(=O)N1CCc2sccc2[C@H]1COc1ccc(C(C)C)cc1)C[C@H]1CCCO1. The number of urea groups is 1. The minimum Gasteiger partial charge on any atom is -0.491 e. The largest absolute Gasteiger partial charge is 0.491 e. The van der Waals surface area contributed by atoms with Crippen LogP contribution in [0.4, 0.5) is 4.79 Å². The van der Waals surface area contributed by atoms with E-state index in [2.05, 4.69) is 42.7 Å². The summed E-state index contributed by atoms with van der Waals surface area (Å²) in [4.78, 5) is 31.4. The predicted molar refractivity (Wildman–Crippen MR) is 143 cm³/mol. The number of hydrogen-bond acceptors (Lipinski definition) is 5. The minimum atomic E-state index is -0.202. The van der Waals surface area contributed by atoms with Crippen molar-refractivity contribution in [1.82, 2.24) is 15.1 Å². The van der Waals surface area contributed by atoms with Crippen LogP contribution in [-0.4, -0.2) is 67.2 Å². The van der Waals surface area contributed by atoms with Gasteiger partial charge in [-0.2, -0.15) is 0 Å². The van der Waals surface area contributed by atoms with Crippen molar-refractivity contribution in [2.45, 2.75) is 64.5 Å². The van der Waals surface area contributed by atoms with Crippen LogP contribution in [0, 0.1) is 0 Å². The van der Waals surface area contributed by atoms with Crippen molar-refractivity contribution in [3.8, 4) is 5.75 Å². The third-order valence-electron chi connectivity index (χ3n) is 6.96. The molecule has 2 aliphatic heterocycles. The van der Waals surface area contributed by atoms with Crippen molar-refractivity contribution in [2.24, 2.45) is 0 Å². The van der Waals surface area contributed by atoms with E-state index in [1.165, 1.54) is 10.4 Å². The first-order valence-corrected chi connectivity index (χ1v) is 14.1. The Bertz CT molecular complexity index is 1000. The number of thiophene rings is 1. The number of ether oxygens (including phenoxy) is 2. The number of carbonyl (C=O) groups is 2. The van der Waals surface area contributed by atoms with Crippen LogP contribution in [-0.2, 0) is 16.0 Å². The highest BCUT2D eigenvalue weighted by Crippen LogP contribution is 2.34. The summed E-state index contributed by atoms with van der Waals surface area (Å²) in [6.45, 7) is 9.13. The smallest absolute Gasteiger partial charge is 0.317 e. The monoisotopic (exact) mass is 513 g/mol. The quantitative estimate of drug-likeness (QED) is 0.487. The molecule has 36 heavy (non-hydrogen) atoms. The van der Waals surface area contributed by atoms with Crippen molar-refractivity contribution in [3.05, 3.63) is 51.7 Å². The Hall–Kier alpha value is -2.58. The van der Waals surface area contributed by atoms with E-state index in [4.69, 9.17) is 9.47 Å². The molecule has 3 heterocycles. The molecule has 196 valence electrons. The molecule has 0 unspecified atom stereocenters. The molecule has 0 bridgehead atoms. The second-order valence-electron chi connectivity index (χ2n) is 9.93. The van der Waals surface area contributed by atoms with Crippen LogP contribution in [0.5, 0.6) is 5.75 Å². The van der Waals surface area contributed by atoms with Gasteiger partial charge < -0.3 is 24.6 Å². The topological polar surface area (TPSA) is 71.1 Å². The summed E-state index contributed by atoms with van der Waals surface area (Å²) in [6, 6.07) is 9.91. The van der Waals surface area contributed by atoms with Gasteiger partial charge in [0.25, 0.3) is 0 Å². The highest BCUT2D eigenvalue weighted by atomic mass is 32.1. The Kier molecular flexibility index (Phi) is 9.26. The van der Waals surface area contributed by atoms with E-state index in [0.29, 0.717) is 38.8 Å². The highest BCUT2D eigenvalue weighted by molar-refractivity contribution is 7.10. The van der Waals surface area contributed by atoms with E-state index < -0.39 is 0 Å². The van der Waals surface area contributed by atoms with Crippen LogP contribution in [0.1, 0.15) is 68.0 Å². The molecule has 7 nitrogen and oxygen atoms in total. The summed E-state index contributed by atoms with van der Waals surface area (Å²) in [6.07, 6.45) is 3.57. The van der Waals surface area contributed by atoms with Crippen LogP contribution in [0.2, 0.25) is 0 Å². The Balaban J connectivity index is 1.46. The highest BCUT2D eigenvalue weighted by Gasteiger charge is 2.34. The molecule has 1 fully saturated rings. The Morgan fingerprint density at radius 3 is 2.75 bits per heavy atom. The normalized spacial score (nSPS) is 19.3. The average Bonchev–Trinajstić information content (AvgIpc) is 3.57. The molecule has 8 heteroatoms. The molecular formula is C28H39N3O4S.